The molecule has 0 fully saturated rings. The van der Waals surface area contributed by atoms with Crippen molar-refractivity contribution in [2.45, 2.75) is 31.6 Å². The van der Waals surface area contributed by atoms with Crippen molar-refractivity contribution in [3.63, 3.8) is 0 Å². The van der Waals surface area contributed by atoms with Crippen LogP contribution in [0.2, 0.25) is 0 Å². The van der Waals surface area contributed by atoms with E-state index in [9.17, 15) is 0 Å². The summed E-state index contributed by atoms with van der Waals surface area (Å²) < 4.78 is 1.62. The van der Waals surface area contributed by atoms with Crippen LogP contribution in [0.1, 0.15) is 32.4 Å². The minimum Gasteiger partial charge on any atom is -0.323 e. The molecule has 1 unspecified atom stereocenters. The van der Waals surface area contributed by atoms with Gasteiger partial charge in [0.1, 0.15) is 0 Å². The molecule has 0 radical (unpaired) electrons. The van der Waals surface area contributed by atoms with Gasteiger partial charge >= 0.3 is 0 Å². The van der Waals surface area contributed by atoms with Crippen LogP contribution in [-0.2, 0) is 0 Å². The summed E-state index contributed by atoms with van der Waals surface area (Å²) in [5.74, 6) is 0.973. The highest BCUT2D eigenvalue weighted by Crippen LogP contribution is 2.32. The van der Waals surface area contributed by atoms with Crippen LogP contribution in [0.5, 0.6) is 0 Å². The Morgan fingerprint density at radius 3 is 2.76 bits per heavy atom. The third-order valence-corrected chi connectivity index (χ3v) is 4.98. The average molecular weight is 265 g/mol. The van der Waals surface area contributed by atoms with Crippen LogP contribution in [0.25, 0.3) is 10.1 Å². The topological polar surface area (TPSA) is 26.0 Å². The molecule has 2 aromatic rings. The molecule has 17 heavy (non-hydrogen) atoms. The Labute approximate surface area is 111 Å². The van der Waals surface area contributed by atoms with E-state index in [4.69, 9.17) is 5.73 Å². The van der Waals surface area contributed by atoms with E-state index in [0.717, 1.165) is 5.75 Å². The number of thiophene rings is 1. The van der Waals surface area contributed by atoms with Crippen LogP contribution in [0.3, 0.4) is 0 Å². The molecule has 1 aromatic heterocycles. The van der Waals surface area contributed by atoms with Crippen LogP contribution in [0.15, 0.2) is 29.6 Å². The monoisotopic (exact) mass is 265 g/mol. The average Bonchev–Trinajstić information content (AvgIpc) is 2.72. The molecule has 0 amide bonds. The largest absolute Gasteiger partial charge is 0.323 e. The van der Waals surface area contributed by atoms with Gasteiger partial charge in [0.2, 0.25) is 0 Å². The zero-order chi connectivity index (χ0) is 12.5. The fraction of sp³-hybridized carbons (Fsp3) is 0.429. The highest BCUT2D eigenvalue weighted by Gasteiger charge is 2.16. The van der Waals surface area contributed by atoms with Crippen LogP contribution in [0, 0.1) is 0 Å². The maximum atomic E-state index is 6.31. The van der Waals surface area contributed by atoms with Crippen LogP contribution in [-0.4, -0.2) is 10.5 Å². The van der Waals surface area contributed by atoms with Gasteiger partial charge in [-0.2, -0.15) is 11.8 Å². The molecular formula is C14H19NS2. The van der Waals surface area contributed by atoms with Crippen LogP contribution in [0.4, 0.5) is 0 Å². The summed E-state index contributed by atoms with van der Waals surface area (Å²) in [5.41, 5.74) is 7.60. The zero-order valence-corrected chi connectivity index (χ0v) is 12.2. The van der Waals surface area contributed by atoms with Crippen molar-refractivity contribution < 1.29 is 0 Å². The first-order valence-corrected chi connectivity index (χ1v) is 7.69. The molecule has 1 atom stereocenters. The quantitative estimate of drug-likeness (QED) is 0.888. The fourth-order valence-corrected chi connectivity index (χ4v) is 3.58. The summed E-state index contributed by atoms with van der Waals surface area (Å²) in [6, 6.07) is 8.70. The molecule has 0 saturated carbocycles. The highest BCUT2D eigenvalue weighted by molar-refractivity contribution is 8.00. The van der Waals surface area contributed by atoms with E-state index in [1.165, 1.54) is 15.6 Å². The molecule has 0 spiro atoms. The molecule has 0 bridgehead atoms. The molecule has 0 aliphatic rings. The molecule has 1 aromatic carbocycles. The summed E-state index contributed by atoms with van der Waals surface area (Å²) in [6.07, 6.45) is 0. The maximum absolute atomic E-state index is 6.31. The number of hydrogen-bond acceptors (Lipinski definition) is 3. The lowest BCUT2D eigenvalue weighted by molar-refractivity contribution is 0.782. The fourth-order valence-electron chi connectivity index (χ4n) is 1.74. The first-order chi connectivity index (χ1) is 7.97. The van der Waals surface area contributed by atoms with Gasteiger partial charge < -0.3 is 5.73 Å². The van der Waals surface area contributed by atoms with Crippen molar-refractivity contribution in [3.8, 4) is 0 Å². The van der Waals surface area contributed by atoms with Crippen molar-refractivity contribution in [1.82, 2.24) is 0 Å². The number of benzene rings is 1. The molecule has 2 rings (SSSR count). The molecule has 3 heteroatoms. The second-order valence-corrected chi connectivity index (χ2v) is 7.98. The van der Waals surface area contributed by atoms with Gasteiger partial charge in [0.25, 0.3) is 0 Å². The molecule has 1 nitrogen and oxygen atoms in total. The molecule has 92 valence electrons. The predicted molar refractivity (Wildman–Crippen MR) is 81.0 cm³/mol. The lowest BCUT2D eigenvalue weighted by Gasteiger charge is -2.21. The predicted octanol–water partition coefficient (Wildman–Crippen LogP) is 4.43. The lowest BCUT2D eigenvalue weighted by Crippen LogP contribution is -2.18. The van der Waals surface area contributed by atoms with Gasteiger partial charge in [0, 0.05) is 21.2 Å². The maximum Gasteiger partial charge on any atom is 0.0401 e. The minimum absolute atomic E-state index is 0.126. The Kier molecular flexibility index (Phi) is 3.81. The summed E-state index contributed by atoms with van der Waals surface area (Å²) >= 11 is 3.71. The second kappa shape index (κ2) is 5.01. The van der Waals surface area contributed by atoms with Crippen molar-refractivity contribution in [2.24, 2.45) is 5.73 Å². The Bertz CT molecular complexity index is 496. The number of nitrogens with two attached hydrogens (primary N) is 1. The first kappa shape index (κ1) is 12.9. The van der Waals surface area contributed by atoms with Gasteiger partial charge in [-0.1, -0.05) is 39.0 Å². The Balaban J connectivity index is 2.19. The van der Waals surface area contributed by atoms with Crippen molar-refractivity contribution >= 4 is 33.2 Å². The van der Waals surface area contributed by atoms with E-state index < -0.39 is 0 Å². The van der Waals surface area contributed by atoms with Gasteiger partial charge in [-0.3, -0.25) is 0 Å². The van der Waals surface area contributed by atoms with Gasteiger partial charge in [0.05, 0.1) is 0 Å². The molecule has 0 saturated heterocycles. The van der Waals surface area contributed by atoms with E-state index in [1.807, 2.05) is 11.8 Å². The van der Waals surface area contributed by atoms with E-state index >= 15 is 0 Å². The van der Waals surface area contributed by atoms with Crippen LogP contribution < -0.4 is 5.73 Å². The Hall–Kier alpha value is -0.510. The third-order valence-electron chi connectivity index (χ3n) is 2.60. The number of fused-ring (bicyclic) bond motifs is 1. The van der Waals surface area contributed by atoms with E-state index in [-0.39, 0.29) is 10.8 Å². The third kappa shape index (κ3) is 3.24. The second-order valence-electron chi connectivity index (χ2n) is 5.22. The van der Waals surface area contributed by atoms with Crippen molar-refractivity contribution in [1.29, 1.82) is 0 Å². The Morgan fingerprint density at radius 1 is 1.29 bits per heavy atom. The van der Waals surface area contributed by atoms with E-state index in [2.05, 4.69) is 50.4 Å². The number of thioether (sulfide) groups is 1. The summed E-state index contributed by atoms with van der Waals surface area (Å²) in [7, 11) is 0. The van der Waals surface area contributed by atoms with E-state index in [1.54, 1.807) is 11.3 Å². The molecule has 1 heterocycles. The lowest BCUT2D eigenvalue weighted by atomic mass is 10.1. The first-order valence-electron chi connectivity index (χ1n) is 5.83. The zero-order valence-electron chi connectivity index (χ0n) is 10.6. The molecule has 0 aliphatic carbocycles. The van der Waals surface area contributed by atoms with Gasteiger partial charge in [0.15, 0.2) is 0 Å². The molecule has 0 aliphatic heterocycles. The van der Waals surface area contributed by atoms with Crippen molar-refractivity contribution in [2.75, 3.05) is 5.75 Å². The van der Waals surface area contributed by atoms with Crippen molar-refractivity contribution in [3.05, 3.63) is 35.2 Å². The summed E-state index contributed by atoms with van der Waals surface area (Å²) in [6.45, 7) is 6.70. The molecular weight excluding hydrogens is 246 g/mol. The normalized spacial score (nSPS) is 14.1. The summed E-state index contributed by atoms with van der Waals surface area (Å²) in [5, 5.41) is 3.45. The van der Waals surface area contributed by atoms with E-state index in [0.29, 0.717) is 0 Å². The summed E-state index contributed by atoms with van der Waals surface area (Å²) in [4.78, 5) is 0. The number of rotatable bonds is 3. The molecule has 2 N–H and O–H groups in total. The SMILES string of the molecule is CC(C)(C)SCC(N)c1cccc2ccsc12. The smallest absolute Gasteiger partial charge is 0.0401 e. The minimum atomic E-state index is 0.126. The standard InChI is InChI=1S/C14H19NS2/c1-14(2,3)17-9-12(15)11-6-4-5-10-7-8-16-13(10)11/h4-8,12H,9,15H2,1-3H3. The Morgan fingerprint density at radius 2 is 2.06 bits per heavy atom. The van der Waals surface area contributed by atoms with Gasteiger partial charge in [-0.25, -0.2) is 0 Å². The highest BCUT2D eigenvalue weighted by atomic mass is 32.2. The van der Waals surface area contributed by atoms with Gasteiger partial charge in [-0.15, -0.1) is 11.3 Å². The van der Waals surface area contributed by atoms with Crippen LogP contribution >= 0.6 is 23.1 Å². The number of hydrogen-bond donors (Lipinski definition) is 1. The van der Waals surface area contributed by atoms with Gasteiger partial charge in [-0.05, 0) is 22.4 Å².